The highest BCUT2D eigenvalue weighted by Gasteiger charge is 2.18. The lowest BCUT2D eigenvalue weighted by molar-refractivity contribution is 0.399. The summed E-state index contributed by atoms with van der Waals surface area (Å²) in [6, 6.07) is 18.2. The molecule has 0 atom stereocenters. The molecule has 26 heavy (non-hydrogen) atoms. The fraction of sp³-hybridized carbons (Fsp3) is 0.238. The van der Waals surface area contributed by atoms with E-state index in [4.69, 9.17) is 16.7 Å². The van der Waals surface area contributed by atoms with Crippen LogP contribution in [0.3, 0.4) is 0 Å². The lowest BCUT2D eigenvalue weighted by Gasteiger charge is -2.21. The van der Waals surface area contributed by atoms with Crippen LogP contribution in [0.1, 0.15) is 25.2 Å². The van der Waals surface area contributed by atoms with Crippen LogP contribution >= 0.6 is 12.2 Å². The number of anilines is 2. The van der Waals surface area contributed by atoms with Gasteiger partial charge in [0.2, 0.25) is 0 Å². The maximum absolute atomic E-state index is 5.64. The highest BCUT2D eigenvalue weighted by atomic mass is 32.1. The molecule has 0 aliphatic carbocycles. The highest BCUT2D eigenvalue weighted by Crippen LogP contribution is 2.27. The summed E-state index contributed by atoms with van der Waals surface area (Å²) >= 11 is 5.64. The number of rotatable bonds is 6. The van der Waals surface area contributed by atoms with Gasteiger partial charge in [-0.15, -0.1) is 0 Å². The molecule has 3 rings (SSSR count). The van der Waals surface area contributed by atoms with Gasteiger partial charge < -0.3 is 14.7 Å². The maximum atomic E-state index is 5.64. The lowest BCUT2D eigenvalue weighted by Crippen LogP contribution is -2.21. The Balaban J connectivity index is 1.82. The van der Waals surface area contributed by atoms with E-state index in [1.165, 1.54) is 5.69 Å². The standard InChI is InChI=1S/C21H23N3OS/c1-4-24(5-2)18-13-11-17(12-14-18)22-21(26)19-15(3)25-23-20(19)16-9-7-6-8-10-16/h6-14H,4-5H2,1-3H3,(H,22,26). The summed E-state index contributed by atoms with van der Waals surface area (Å²) in [6.45, 7) is 8.17. The van der Waals surface area contributed by atoms with E-state index in [9.17, 15) is 0 Å². The summed E-state index contributed by atoms with van der Waals surface area (Å²) in [5, 5.41) is 7.51. The predicted molar refractivity (Wildman–Crippen MR) is 112 cm³/mol. The van der Waals surface area contributed by atoms with Crippen LogP contribution < -0.4 is 10.2 Å². The average Bonchev–Trinajstić information content (AvgIpc) is 3.06. The Hall–Kier alpha value is -2.66. The third-order valence-corrected chi connectivity index (χ3v) is 4.70. The molecule has 0 unspecified atom stereocenters. The van der Waals surface area contributed by atoms with Crippen LogP contribution in [0.15, 0.2) is 59.1 Å². The minimum atomic E-state index is 0.609. The van der Waals surface area contributed by atoms with Gasteiger partial charge in [-0.3, -0.25) is 0 Å². The second-order valence-corrected chi connectivity index (χ2v) is 6.41. The molecule has 134 valence electrons. The topological polar surface area (TPSA) is 41.3 Å². The van der Waals surface area contributed by atoms with E-state index >= 15 is 0 Å². The van der Waals surface area contributed by atoms with Gasteiger partial charge in [0.1, 0.15) is 16.4 Å². The normalized spacial score (nSPS) is 10.6. The molecule has 0 amide bonds. The molecule has 1 heterocycles. The second-order valence-electron chi connectivity index (χ2n) is 6.00. The monoisotopic (exact) mass is 365 g/mol. The highest BCUT2D eigenvalue weighted by molar-refractivity contribution is 7.81. The molecular weight excluding hydrogens is 342 g/mol. The van der Waals surface area contributed by atoms with Crippen molar-refractivity contribution >= 4 is 28.6 Å². The molecule has 0 aliphatic heterocycles. The molecule has 0 fully saturated rings. The molecule has 4 nitrogen and oxygen atoms in total. The van der Waals surface area contributed by atoms with Gasteiger partial charge >= 0.3 is 0 Å². The largest absolute Gasteiger partial charge is 0.372 e. The number of benzene rings is 2. The number of aromatic nitrogens is 1. The molecule has 0 radical (unpaired) electrons. The molecule has 0 aliphatic rings. The summed E-state index contributed by atoms with van der Waals surface area (Å²) in [4.78, 5) is 2.91. The van der Waals surface area contributed by atoms with Gasteiger partial charge in [0.25, 0.3) is 0 Å². The quantitative estimate of drug-likeness (QED) is 0.602. The molecule has 5 heteroatoms. The molecule has 0 bridgehead atoms. The van der Waals surface area contributed by atoms with E-state index in [0.717, 1.165) is 35.6 Å². The van der Waals surface area contributed by atoms with Crippen molar-refractivity contribution in [2.24, 2.45) is 0 Å². The van der Waals surface area contributed by atoms with Gasteiger partial charge in [0, 0.05) is 30.0 Å². The molecular formula is C21H23N3OS. The van der Waals surface area contributed by atoms with E-state index in [2.05, 4.69) is 41.4 Å². The first kappa shape index (κ1) is 18.1. The van der Waals surface area contributed by atoms with Crippen molar-refractivity contribution < 1.29 is 4.52 Å². The second kappa shape index (κ2) is 8.15. The van der Waals surface area contributed by atoms with Gasteiger partial charge in [-0.2, -0.15) is 0 Å². The van der Waals surface area contributed by atoms with Crippen LogP contribution in [0, 0.1) is 6.92 Å². The average molecular weight is 366 g/mol. The van der Waals surface area contributed by atoms with E-state index < -0.39 is 0 Å². The Bertz CT molecular complexity index is 868. The van der Waals surface area contributed by atoms with Crippen LogP contribution in [0.4, 0.5) is 11.4 Å². The summed E-state index contributed by atoms with van der Waals surface area (Å²) < 4.78 is 5.40. The van der Waals surface area contributed by atoms with Crippen molar-refractivity contribution in [3.8, 4) is 11.3 Å². The third kappa shape index (κ3) is 3.78. The van der Waals surface area contributed by atoms with Gasteiger partial charge in [-0.05, 0) is 45.0 Å². The van der Waals surface area contributed by atoms with E-state index in [-0.39, 0.29) is 0 Å². The number of hydrogen-bond acceptors (Lipinski definition) is 4. The third-order valence-electron chi connectivity index (χ3n) is 4.39. The van der Waals surface area contributed by atoms with Gasteiger partial charge in [0.05, 0.1) is 5.56 Å². The zero-order chi connectivity index (χ0) is 18.5. The Morgan fingerprint density at radius 1 is 1.04 bits per heavy atom. The van der Waals surface area contributed by atoms with E-state index in [1.54, 1.807) is 0 Å². The fourth-order valence-corrected chi connectivity index (χ4v) is 3.33. The number of nitrogens with one attached hydrogen (secondary N) is 1. The summed E-state index contributed by atoms with van der Waals surface area (Å²) in [7, 11) is 0. The number of nitrogens with zero attached hydrogens (tertiary/aromatic N) is 2. The molecule has 2 aromatic carbocycles. The first-order chi connectivity index (χ1) is 12.6. The van der Waals surface area contributed by atoms with Crippen molar-refractivity contribution in [2.75, 3.05) is 23.3 Å². The van der Waals surface area contributed by atoms with E-state index in [0.29, 0.717) is 10.7 Å². The van der Waals surface area contributed by atoms with Crippen molar-refractivity contribution in [2.45, 2.75) is 20.8 Å². The summed E-state index contributed by atoms with van der Waals surface area (Å²) in [5.41, 5.74) is 4.74. The molecule has 0 saturated heterocycles. The van der Waals surface area contributed by atoms with Gasteiger partial charge in [-0.1, -0.05) is 47.7 Å². The smallest absolute Gasteiger partial charge is 0.144 e. The minimum absolute atomic E-state index is 0.609. The van der Waals surface area contributed by atoms with Crippen LogP contribution in [-0.2, 0) is 0 Å². The molecule has 0 saturated carbocycles. The Morgan fingerprint density at radius 2 is 1.69 bits per heavy atom. The maximum Gasteiger partial charge on any atom is 0.144 e. The number of aryl methyl sites for hydroxylation is 1. The van der Waals surface area contributed by atoms with Crippen LogP contribution in [0.5, 0.6) is 0 Å². The minimum Gasteiger partial charge on any atom is -0.372 e. The summed E-state index contributed by atoms with van der Waals surface area (Å²) in [5.74, 6) is 0.709. The SMILES string of the molecule is CCN(CC)c1ccc(NC(=S)c2c(-c3ccccc3)noc2C)cc1. The number of hydrogen-bond donors (Lipinski definition) is 1. The number of thiocarbonyl (C=S) groups is 1. The first-order valence-electron chi connectivity index (χ1n) is 8.82. The zero-order valence-electron chi connectivity index (χ0n) is 15.3. The van der Waals surface area contributed by atoms with Crippen molar-refractivity contribution in [3.63, 3.8) is 0 Å². The molecule has 3 aromatic rings. The van der Waals surface area contributed by atoms with Crippen molar-refractivity contribution in [3.05, 3.63) is 65.9 Å². The Kier molecular flexibility index (Phi) is 5.68. The predicted octanol–water partition coefficient (Wildman–Crippen LogP) is 5.28. The Morgan fingerprint density at radius 3 is 2.31 bits per heavy atom. The van der Waals surface area contributed by atoms with Crippen molar-refractivity contribution in [1.29, 1.82) is 0 Å². The molecule has 1 aromatic heterocycles. The van der Waals surface area contributed by atoms with E-state index in [1.807, 2.05) is 49.4 Å². The summed E-state index contributed by atoms with van der Waals surface area (Å²) in [6.07, 6.45) is 0. The molecule has 1 N–H and O–H groups in total. The van der Waals surface area contributed by atoms with Crippen LogP contribution in [0.2, 0.25) is 0 Å². The zero-order valence-corrected chi connectivity index (χ0v) is 16.1. The van der Waals surface area contributed by atoms with Gasteiger partial charge in [-0.25, -0.2) is 0 Å². The van der Waals surface area contributed by atoms with Gasteiger partial charge in [0.15, 0.2) is 0 Å². The molecule has 0 spiro atoms. The lowest BCUT2D eigenvalue weighted by atomic mass is 10.1. The van der Waals surface area contributed by atoms with Crippen LogP contribution in [-0.4, -0.2) is 23.2 Å². The van der Waals surface area contributed by atoms with Crippen LogP contribution in [0.25, 0.3) is 11.3 Å². The van der Waals surface area contributed by atoms with Crippen molar-refractivity contribution in [1.82, 2.24) is 5.16 Å². The first-order valence-corrected chi connectivity index (χ1v) is 9.23. The Labute approximate surface area is 159 Å². The fourth-order valence-electron chi connectivity index (χ4n) is 2.97.